The van der Waals surface area contributed by atoms with Crippen LogP contribution < -0.4 is 9.80 Å². The van der Waals surface area contributed by atoms with Crippen molar-refractivity contribution in [3.63, 3.8) is 0 Å². The van der Waals surface area contributed by atoms with Crippen LogP contribution in [0.1, 0.15) is 49.9 Å². The van der Waals surface area contributed by atoms with Crippen molar-refractivity contribution < 1.29 is 0 Å². The van der Waals surface area contributed by atoms with Crippen molar-refractivity contribution in [2.75, 3.05) is 9.80 Å². The number of nitrogens with zero attached hydrogens (tertiary/aromatic N) is 4. The molecular weight excluding hydrogens is 865 g/mol. The second-order valence-electron chi connectivity index (χ2n) is 19.1. The van der Waals surface area contributed by atoms with Crippen LogP contribution in [0.2, 0.25) is 0 Å². The fraction of sp³-hybridized carbons (Fsp3) is 0.0968. The molecule has 13 rings (SSSR count). The van der Waals surface area contributed by atoms with E-state index in [0.29, 0.717) is 0 Å². The van der Waals surface area contributed by atoms with E-state index in [2.05, 4.69) is 244 Å². The zero-order chi connectivity index (χ0) is 45.7. The molecule has 4 nitrogen and oxygen atoms in total. The topological polar surface area (TPSA) is 32.3 Å². The smallest absolute Gasteiger partial charge is 0.124 e. The molecule has 0 fully saturated rings. The molecule has 2 aromatic heterocycles. The Hall–Kier alpha value is -7.64. The molecule has 0 amide bonds. The molecule has 0 bridgehead atoms. The number of hydrogen-bond acceptors (Lipinski definition) is 6. The summed E-state index contributed by atoms with van der Waals surface area (Å²) in [4.78, 5) is 14.7. The molecule has 2 aliphatic heterocycles. The molecule has 326 valence electrons. The van der Waals surface area contributed by atoms with Crippen molar-refractivity contribution in [3.8, 4) is 43.4 Å². The van der Waals surface area contributed by atoms with Gasteiger partial charge in [0.25, 0.3) is 0 Å². The summed E-state index contributed by atoms with van der Waals surface area (Å²) in [6.45, 7) is 9.45. The summed E-state index contributed by atoms with van der Waals surface area (Å²) < 4.78 is 2.42. The van der Waals surface area contributed by atoms with Gasteiger partial charge in [-0.25, -0.2) is 9.97 Å². The Bertz CT molecular complexity index is 3430. The number of para-hydroxylation sites is 4. The van der Waals surface area contributed by atoms with Gasteiger partial charge in [-0.05, 0) is 129 Å². The lowest BCUT2D eigenvalue weighted by molar-refractivity contribution is 0.631. The summed E-state index contributed by atoms with van der Waals surface area (Å²) in [6.07, 6.45) is 0. The Morgan fingerprint density at radius 1 is 0.324 bits per heavy atom. The van der Waals surface area contributed by atoms with Crippen LogP contribution in [0.25, 0.3) is 63.8 Å². The first-order chi connectivity index (χ1) is 33.2. The van der Waals surface area contributed by atoms with Gasteiger partial charge in [-0.3, -0.25) is 0 Å². The van der Waals surface area contributed by atoms with Gasteiger partial charge in [-0.2, -0.15) is 0 Å². The van der Waals surface area contributed by atoms with Crippen LogP contribution >= 0.6 is 22.7 Å². The van der Waals surface area contributed by atoms with Crippen LogP contribution in [0.5, 0.6) is 0 Å². The Morgan fingerprint density at radius 3 is 1.07 bits per heavy atom. The molecule has 0 spiro atoms. The first kappa shape index (κ1) is 40.6. The van der Waals surface area contributed by atoms with E-state index in [9.17, 15) is 0 Å². The normalized spacial score (nSPS) is 14.4. The molecule has 4 heterocycles. The van der Waals surface area contributed by atoms with Crippen molar-refractivity contribution in [1.82, 2.24) is 9.97 Å². The maximum absolute atomic E-state index is 4.92. The van der Waals surface area contributed by atoms with Crippen LogP contribution in [0.3, 0.4) is 0 Å². The van der Waals surface area contributed by atoms with Crippen molar-refractivity contribution in [1.29, 1.82) is 0 Å². The standard InChI is InChI=1S/C62H46N4S2/c1-61(2)47-13-5-9-17-53(47)65(55-35-29-43(37-49(55)61)39-21-25-41(26-22-39)59-63-51-15-7-11-19-57(51)67-59)45-31-33-46(34-32-45)66-54-18-10-6-14-48(54)62(3,4)50-38-44(30-36-56(50)66)40-23-27-42(28-24-40)60-64-52-16-8-12-20-58(52)68-60/h5-38H,1-4H3. The number of hydrogen-bond donors (Lipinski definition) is 0. The highest BCUT2D eigenvalue weighted by Gasteiger charge is 2.39. The number of anilines is 6. The third kappa shape index (κ3) is 6.46. The van der Waals surface area contributed by atoms with E-state index in [1.807, 2.05) is 0 Å². The molecule has 0 N–H and O–H groups in total. The highest BCUT2D eigenvalue weighted by atomic mass is 32.1. The van der Waals surface area contributed by atoms with Crippen LogP contribution in [-0.4, -0.2) is 9.97 Å². The fourth-order valence-electron chi connectivity index (χ4n) is 10.7. The Morgan fingerprint density at radius 2 is 0.662 bits per heavy atom. The van der Waals surface area contributed by atoms with Gasteiger partial charge in [0.1, 0.15) is 10.0 Å². The summed E-state index contributed by atoms with van der Waals surface area (Å²) >= 11 is 3.49. The zero-order valence-electron chi connectivity index (χ0n) is 38.2. The van der Waals surface area contributed by atoms with E-state index in [-0.39, 0.29) is 10.8 Å². The molecule has 0 unspecified atom stereocenters. The number of thiazole rings is 2. The van der Waals surface area contributed by atoms with E-state index in [0.717, 1.165) is 43.6 Å². The van der Waals surface area contributed by atoms with Crippen molar-refractivity contribution >= 4 is 77.2 Å². The molecule has 11 aromatic rings. The van der Waals surface area contributed by atoms with E-state index >= 15 is 0 Å². The predicted octanol–water partition coefficient (Wildman–Crippen LogP) is 17.8. The number of benzene rings is 9. The van der Waals surface area contributed by atoms with Gasteiger partial charge in [0.15, 0.2) is 0 Å². The lowest BCUT2D eigenvalue weighted by Crippen LogP contribution is -2.31. The third-order valence-corrected chi connectivity index (χ3v) is 16.5. The van der Waals surface area contributed by atoms with Crippen molar-refractivity contribution in [2.45, 2.75) is 38.5 Å². The minimum absolute atomic E-state index is 0.218. The van der Waals surface area contributed by atoms with Gasteiger partial charge >= 0.3 is 0 Å². The Balaban J connectivity index is 0.848. The van der Waals surface area contributed by atoms with E-state index in [4.69, 9.17) is 9.97 Å². The summed E-state index contributed by atoms with van der Waals surface area (Å²) in [5.74, 6) is 0. The molecule has 0 atom stereocenters. The Labute approximate surface area is 405 Å². The summed E-state index contributed by atoms with van der Waals surface area (Å²) in [6, 6.07) is 75.6. The summed E-state index contributed by atoms with van der Waals surface area (Å²) in [5.41, 5.74) is 21.0. The minimum Gasteiger partial charge on any atom is -0.310 e. The fourth-order valence-corrected chi connectivity index (χ4v) is 12.6. The van der Waals surface area contributed by atoms with E-state index in [1.165, 1.54) is 76.7 Å². The highest BCUT2D eigenvalue weighted by molar-refractivity contribution is 7.22. The van der Waals surface area contributed by atoms with Gasteiger partial charge in [0.2, 0.25) is 0 Å². The highest BCUT2D eigenvalue weighted by Crippen LogP contribution is 2.55. The first-order valence-electron chi connectivity index (χ1n) is 23.3. The average molecular weight is 911 g/mol. The van der Waals surface area contributed by atoms with Gasteiger partial charge in [-0.1, -0.05) is 149 Å². The third-order valence-electron chi connectivity index (χ3n) is 14.3. The summed E-state index contributed by atoms with van der Waals surface area (Å²) in [7, 11) is 0. The van der Waals surface area contributed by atoms with E-state index in [1.54, 1.807) is 22.7 Å². The lowest BCUT2D eigenvalue weighted by atomic mass is 9.72. The molecule has 0 saturated heterocycles. The van der Waals surface area contributed by atoms with Crippen LogP contribution in [0.15, 0.2) is 206 Å². The van der Waals surface area contributed by atoms with Crippen LogP contribution in [0, 0.1) is 0 Å². The molecular formula is C62H46N4S2. The minimum atomic E-state index is -0.218. The SMILES string of the molecule is CC1(C)c2ccccc2N(c2ccc(N3c4ccccc4C(C)(C)c4cc(-c5ccc(-c6nc7ccccc7s6)cc5)ccc43)cc2)c2ccc(-c3ccc(-c4nc5ccccc5s4)cc3)cc21. The number of fused-ring (bicyclic) bond motifs is 6. The molecule has 68 heavy (non-hydrogen) atoms. The maximum atomic E-state index is 4.92. The molecule has 0 saturated carbocycles. The average Bonchev–Trinajstić information content (AvgIpc) is 4.03. The van der Waals surface area contributed by atoms with Crippen molar-refractivity contribution in [3.05, 3.63) is 229 Å². The second-order valence-corrected chi connectivity index (χ2v) is 21.1. The predicted molar refractivity (Wildman–Crippen MR) is 288 cm³/mol. The quantitative estimate of drug-likeness (QED) is 0.166. The maximum Gasteiger partial charge on any atom is 0.124 e. The monoisotopic (exact) mass is 910 g/mol. The van der Waals surface area contributed by atoms with Crippen LogP contribution in [-0.2, 0) is 10.8 Å². The van der Waals surface area contributed by atoms with Crippen molar-refractivity contribution in [2.24, 2.45) is 0 Å². The molecule has 9 aromatic carbocycles. The molecule has 0 radical (unpaired) electrons. The largest absolute Gasteiger partial charge is 0.310 e. The molecule has 0 aliphatic carbocycles. The Kier molecular flexibility index (Phi) is 9.23. The summed E-state index contributed by atoms with van der Waals surface area (Å²) in [5, 5.41) is 2.10. The van der Waals surface area contributed by atoms with Gasteiger partial charge < -0.3 is 9.80 Å². The number of aromatic nitrogens is 2. The van der Waals surface area contributed by atoms with Gasteiger partial charge in [-0.15, -0.1) is 22.7 Å². The van der Waals surface area contributed by atoms with E-state index < -0.39 is 0 Å². The van der Waals surface area contributed by atoms with Crippen LogP contribution in [0.4, 0.5) is 34.1 Å². The first-order valence-corrected chi connectivity index (χ1v) is 24.9. The molecule has 2 aliphatic rings. The zero-order valence-corrected chi connectivity index (χ0v) is 39.9. The van der Waals surface area contributed by atoms with Gasteiger partial charge in [0.05, 0.1) is 43.2 Å². The lowest BCUT2D eigenvalue weighted by Gasteiger charge is -2.43. The van der Waals surface area contributed by atoms with Gasteiger partial charge in [0, 0.05) is 33.3 Å². The number of rotatable bonds is 6. The second kappa shape index (κ2) is 15.5. The molecule has 6 heteroatoms.